The van der Waals surface area contributed by atoms with Crippen LogP contribution in [0.5, 0.6) is 0 Å². The van der Waals surface area contributed by atoms with E-state index in [1.807, 2.05) is 0 Å². The minimum absolute atomic E-state index is 1.04. The molecular formula is C62H50N4. The van der Waals surface area contributed by atoms with Crippen molar-refractivity contribution in [2.24, 2.45) is 0 Å². The van der Waals surface area contributed by atoms with Crippen LogP contribution < -0.4 is 20.4 Å². The molecule has 0 spiro atoms. The number of nitrogens with zero attached hydrogens (tertiary/aromatic N) is 2. The summed E-state index contributed by atoms with van der Waals surface area (Å²) in [5, 5.41) is 7.23. The number of rotatable bonds is 13. The summed E-state index contributed by atoms with van der Waals surface area (Å²) in [6, 6.07) is 90.4. The normalized spacial score (nSPS) is 10.9. The van der Waals surface area contributed by atoms with E-state index < -0.39 is 0 Å². The maximum Gasteiger partial charge on any atom is 0.0463 e. The van der Waals surface area contributed by atoms with Gasteiger partial charge in [-0.05, 0) is 180 Å². The number of para-hydroxylation sites is 2. The molecule has 0 aliphatic heterocycles. The highest BCUT2D eigenvalue weighted by Gasteiger charge is 2.16. The van der Waals surface area contributed by atoms with Crippen LogP contribution in [0.1, 0.15) is 11.1 Å². The zero-order chi connectivity index (χ0) is 44.7. The molecule has 4 heteroatoms. The highest BCUT2D eigenvalue weighted by molar-refractivity contribution is 5.82. The third kappa shape index (κ3) is 9.21. The molecule has 0 saturated heterocycles. The zero-order valence-electron chi connectivity index (χ0n) is 37.1. The van der Waals surface area contributed by atoms with Crippen LogP contribution >= 0.6 is 0 Å². The van der Waals surface area contributed by atoms with Crippen LogP contribution in [-0.2, 0) is 0 Å². The van der Waals surface area contributed by atoms with Gasteiger partial charge in [-0.3, -0.25) is 0 Å². The van der Waals surface area contributed by atoms with E-state index in [2.05, 4.69) is 289 Å². The Labute approximate surface area is 388 Å². The minimum atomic E-state index is 1.04. The number of hydrogen-bond donors (Lipinski definition) is 2. The molecule has 0 unspecified atom stereocenters. The van der Waals surface area contributed by atoms with Crippen LogP contribution in [-0.4, -0.2) is 0 Å². The summed E-state index contributed by atoms with van der Waals surface area (Å²) < 4.78 is 0. The fourth-order valence-corrected chi connectivity index (χ4v) is 8.74. The SMILES string of the molecule is Cc1cc(Nc2ccc(N(c3ccccc3)c3ccc(-c4ccc(N(c5ccccc5)c5ccc(Nc6ccc(-c7ccccc7)c(C)c6)cc5)cc4)cc3)cc2)ccc1-c1ccccc1. The molecular weight excluding hydrogens is 801 g/mol. The van der Waals surface area contributed by atoms with E-state index in [1.54, 1.807) is 0 Å². The van der Waals surface area contributed by atoms with Gasteiger partial charge in [-0.2, -0.15) is 0 Å². The Morgan fingerprint density at radius 3 is 0.833 bits per heavy atom. The highest BCUT2D eigenvalue weighted by Crippen LogP contribution is 2.39. The van der Waals surface area contributed by atoms with Crippen molar-refractivity contribution < 1.29 is 0 Å². The second kappa shape index (κ2) is 19.0. The molecule has 0 aromatic heterocycles. The summed E-state index contributed by atoms with van der Waals surface area (Å²) in [7, 11) is 0. The van der Waals surface area contributed by atoms with Gasteiger partial charge in [-0.1, -0.05) is 133 Å². The van der Waals surface area contributed by atoms with E-state index in [0.717, 1.165) is 68.0 Å². The van der Waals surface area contributed by atoms with Crippen LogP contribution in [0.4, 0.5) is 56.9 Å². The minimum Gasteiger partial charge on any atom is -0.356 e. The van der Waals surface area contributed by atoms with Gasteiger partial charge in [0.25, 0.3) is 0 Å². The molecule has 0 fully saturated rings. The Balaban J connectivity index is 0.858. The Morgan fingerprint density at radius 1 is 0.242 bits per heavy atom. The lowest BCUT2D eigenvalue weighted by atomic mass is 10.00. The first-order chi connectivity index (χ1) is 32.5. The second-order valence-corrected chi connectivity index (χ2v) is 16.6. The standard InChI is InChI=1S/C62H50N4/c1-45-43-53(31-41-61(45)49-15-7-3-8-16-49)63-51-27-37-59(38-28-51)65(55-19-11-5-12-20-55)57-33-23-47(24-34-57)48-25-35-58(36-26-48)66(56-21-13-6-14-22-56)60-39-29-52(30-40-60)64-54-32-42-62(46(2)44-54)50-17-9-4-10-18-50/h3-44,63-64H,1-2H3. The van der Waals surface area contributed by atoms with Crippen LogP contribution in [0.2, 0.25) is 0 Å². The summed E-state index contributed by atoms with van der Waals surface area (Å²) in [6.45, 7) is 4.34. The van der Waals surface area contributed by atoms with Crippen molar-refractivity contribution in [1.82, 2.24) is 0 Å². The molecule has 10 rings (SSSR count). The lowest BCUT2D eigenvalue weighted by Gasteiger charge is -2.26. The summed E-state index contributed by atoms with van der Waals surface area (Å²) >= 11 is 0. The Bertz CT molecular complexity index is 2930. The molecule has 0 bridgehead atoms. The maximum absolute atomic E-state index is 3.62. The Morgan fingerprint density at radius 2 is 0.515 bits per heavy atom. The van der Waals surface area contributed by atoms with E-state index in [4.69, 9.17) is 0 Å². The van der Waals surface area contributed by atoms with Crippen LogP contribution in [0.25, 0.3) is 33.4 Å². The van der Waals surface area contributed by atoms with Gasteiger partial charge in [-0.15, -0.1) is 0 Å². The van der Waals surface area contributed by atoms with Crippen molar-refractivity contribution in [1.29, 1.82) is 0 Å². The predicted molar refractivity (Wildman–Crippen MR) is 281 cm³/mol. The maximum atomic E-state index is 3.62. The van der Waals surface area contributed by atoms with E-state index >= 15 is 0 Å². The van der Waals surface area contributed by atoms with E-state index in [1.165, 1.54) is 33.4 Å². The molecule has 0 saturated carbocycles. The van der Waals surface area contributed by atoms with E-state index in [0.29, 0.717) is 0 Å². The lowest BCUT2D eigenvalue weighted by Crippen LogP contribution is -2.10. The van der Waals surface area contributed by atoms with Crippen molar-refractivity contribution >= 4 is 56.9 Å². The van der Waals surface area contributed by atoms with Gasteiger partial charge in [0, 0.05) is 56.9 Å². The van der Waals surface area contributed by atoms with Gasteiger partial charge in [0.05, 0.1) is 0 Å². The number of anilines is 10. The smallest absolute Gasteiger partial charge is 0.0463 e. The molecule has 10 aromatic carbocycles. The van der Waals surface area contributed by atoms with Gasteiger partial charge in [0.15, 0.2) is 0 Å². The van der Waals surface area contributed by atoms with Crippen molar-refractivity contribution in [2.75, 3.05) is 20.4 Å². The predicted octanol–water partition coefficient (Wildman–Crippen LogP) is 17.7. The van der Waals surface area contributed by atoms with Gasteiger partial charge in [0.2, 0.25) is 0 Å². The van der Waals surface area contributed by atoms with E-state index in [-0.39, 0.29) is 0 Å². The third-order valence-corrected chi connectivity index (χ3v) is 12.1. The van der Waals surface area contributed by atoms with E-state index in [9.17, 15) is 0 Å². The average Bonchev–Trinajstić information content (AvgIpc) is 3.37. The van der Waals surface area contributed by atoms with Crippen LogP contribution in [0.15, 0.2) is 255 Å². The Hall–Kier alpha value is -8.60. The average molecular weight is 851 g/mol. The first-order valence-electron chi connectivity index (χ1n) is 22.5. The van der Waals surface area contributed by atoms with Crippen LogP contribution in [0.3, 0.4) is 0 Å². The number of aryl methyl sites for hydroxylation is 2. The first-order valence-corrected chi connectivity index (χ1v) is 22.5. The van der Waals surface area contributed by atoms with Gasteiger partial charge >= 0.3 is 0 Å². The number of nitrogens with one attached hydrogen (secondary N) is 2. The summed E-state index contributed by atoms with van der Waals surface area (Å²) in [6.07, 6.45) is 0. The molecule has 0 heterocycles. The summed E-state index contributed by atoms with van der Waals surface area (Å²) in [5.74, 6) is 0. The number of benzene rings is 10. The fourth-order valence-electron chi connectivity index (χ4n) is 8.74. The second-order valence-electron chi connectivity index (χ2n) is 16.6. The topological polar surface area (TPSA) is 30.5 Å². The van der Waals surface area contributed by atoms with Gasteiger partial charge in [0.1, 0.15) is 0 Å². The molecule has 0 atom stereocenters. The summed E-state index contributed by atoms with van der Waals surface area (Å²) in [4.78, 5) is 4.60. The molecule has 2 N–H and O–H groups in total. The zero-order valence-corrected chi connectivity index (χ0v) is 37.1. The summed E-state index contributed by atoms with van der Waals surface area (Å²) in [5.41, 5.74) is 20.5. The molecule has 10 aromatic rings. The number of hydrogen-bond acceptors (Lipinski definition) is 4. The Kier molecular flexibility index (Phi) is 11.9. The monoisotopic (exact) mass is 850 g/mol. The fraction of sp³-hybridized carbons (Fsp3) is 0.0323. The van der Waals surface area contributed by atoms with Gasteiger partial charge in [-0.25, -0.2) is 0 Å². The molecule has 0 amide bonds. The molecule has 4 nitrogen and oxygen atoms in total. The van der Waals surface area contributed by atoms with Crippen molar-refractivity contribution in [3.8, 4) is 33.4 Å². The molecule has 0 radical (unpaired) electrons. The van der Waals surface area contributed by atoms with Crippen molar-refractivity contribution in [3.63, 3.8) is 0 Å². The van der Waals surface area contributed by atoms with Crippen molar-refractivity contribution in [2.45, 2.75) is 13.8 Å². The molecule has 318 valence electrons. The quantitative estimate of drug-likeness (QED) is 0.121. The third-order valence-electron chi connectivity index (χ3n) is 12.1. The van der Waals surface area contributed by atoms with Gasteiger partial charge < -0.3 is 20.4 Å². The molecule has 66 heavy (non-hydrogen) atoms. The highest BCUT2D eigenvalue weighted by atomic mass is 15.1. The molecule has 0 aliphatic carbocycles. The lowest BCUT2D eigenvalue weighted by molar-refractivity contribution is 1.28. The molecule has 0 aliphatic rings. The van der Waals surface area contributed by atoms with Crippen molar-refractivity contribution in [3.05, 3.63) is 266 Å². The largest absolute Gasteiger partial charge is 0.356 e. The van der Waals surface area contributed by atoms with Crippen LogP contribution in [0, 0.1) is 13.8 Å². The first kappa shape index (κ1) is 41.4.